The van der Waals surface area contributed by atoms with Crippen LogP contribution in [0.5, 0.6) is 5.75 Å². The van der Waals surface area contributed by atoms with Crippen molar-refractivity contribution < 1.29 is 4.74 Å². The SMILES string of the molecule is COc1ccccc1-c1cc(Br)nc(Cl)n1. The largest absolute Gasteiger partial charge is 0.496 e. The first-order valence-corrected chi connectivity index (χ1v) is 5.71. The molecule has 0 aliphatic rings. The summed E-state index contributed by atoms with van der Waals surface area (Å²) in [7, 11) is 1.62. The smallest absolute Gasteiger partial charge is 0.223 e. The quantitative estimate of drug-likeness (QED) is 0.628. The van der Waals surface area contributed by atoms with Gasteiger partial charge in [0.05, 0.1) is 12.8 Å². The van der Waals surface area contributed by atoms with Crippen LogP contribution in [0.2, 0.25) is 5.28 Å². The Morgan fingerprint density at radius 2 is 2.00 bits per heavy atom. The molecule has 0 aliphatic heterocycles. The Kier molecular flexibility index (Phi) is 3.41. The summed E-state index contributed by atoms with van der Waals surface area (Å²) < 4.78 is 5.91. The molecule has 1 aromatic heterocycles. The van der Waals surface area contributed by atoms with Gasteiger partial charge in [-0.15, -0.1) is 0 Å². The molecule has 0 spiro atoms. The maximum absolute atomic E-state index is 5.80. The fourth-order valence-electron chi connectivity index (χ4n) is 1.38. The van der Waals surface area contributed by atoms with Crippen LogP contribution in [0.15, 0.2) is 34.9 Å². The number of ether oxygens (including phenoxy) is 1. The highest BCUT2D eigenvalue weighted by molar-refractivity contribution is 9.10. The summed E-state index contributed by atoms with van der Waals surface area (Å²) in [5.74, 6) is 0.754. The number of rotatable bonds is 2. The van der Waals surface area contributed by atoms with Crippen molar-refractivity contribution in [1.82, 2.24) is 9.97 Å². The van der Waals surface area contributed by atoms with Crippen LogP contribution in [0.25, 0.3) is 11.3 Å². The summed E-state index contributed by atoms with van der Waals surface area (Å²) in [4.78, 5) is 8.10. The average Bonchev–Trinajstić information content (AvgIpc) is 2.27. The Balaban J connectivity index is 2.58. The van der Waals surface area contributed by atoms with Gasteiger partial charge in [-0.05, 0) is 45.7 Å². The van der Waals surface area contributed by atoms with Gasteiger partial charge in [0.2, 0.25) is 5.28 Å². The summed E-state index contributed by atoms with van der Waals surface area (Å²) in [5.41, 5.74) is 1.61. The van der Waals surface area contributed by atoms with E-state index in [0.29, 0.717) is 4.60 Å². The number of hydrogen-bond acceptors (Lipinski definition) is 3. The zero-order valence-corrected chi connectivity index (χ0v) is 10.8. The molecular weight excluding hydrogens is 291 g/mol. The van der Waals surface area contributed by atoms with Crippen molar-refractivity contribution >= 4 is 27.5 Å². The Labute approximate surface area is 107 Å². The number of hydrogen-bond donors (Lipinski definition) is 0. The van der Waals surface area contributed by atoms with Crippen LogP contribution in [0.4, 0.5) is 0 Å². The van der Waals surface area contributed by atoms with Crippen molar-refractivity contribution in [2.45, 2.75) is 0 Å². The molecule has 0 bridgehead atoms. The highest BCUT2D eigenvalue weighted by Gasteiger charge is 2.08. The predicted octanol–water partition coefficient (Wildman–Crippen LogP) is 3.57. The number of para-hydroxylation sites is 1. The predicted molar refractivity (Wildman–Crippen MR) is 66.7 cm³/mol. The number of nitrogens with zero attached hydrogens (tertiary/aromatic N) is 2. The van der Waals surface area contributed by atoms with Crippen LogP contribution < -0.4 is 4.74 Å². The van der Waals surface area contributed by atoms with Gasteiger partial charge in [0.15, 0.2) is 0 Å². The van der Waals surface area contributed by atoms with Gasteiger partial charge >= 0.3 is 0 Å². The number of methoxy groups -OCH3 is 1. The Morgan fingerprint density at radius 1 is 1.25 bits per heavy atom. The molecule has 0 radical (unpaired) electrons. The summed E-state index contributed by atoms with van der Waals surface area (Å²) >= 11 is 9.08. The van der Waals surface area contributed by atoms with Crippen molar-refractivity contribution in [2.24, 2.45) is 0 Å². The number of halogens is 2. The second-order valence-corrected chi connectivity index (χ2v) is 4.20. The first-order chi connectivity index (χ1) is 7.70. The molecule has 1 aromatic carbocycles. The van der Waals surface area contributed by atoms with E-state index in [1.54, 1.807) is 13.2 Å². The van der Waals surface area contributed by atoms with Gasteiger partial charge in [0.25, 0.3) is 0 Å². The molecule has 0 saturated heterocycles. The molecule has 1 heterocycles. The zero-order valence-electron chi connectivity index (χ0n) is 8.45. The molecule has 2 rings (SSSR count). The fraction of sp³-hybridized carbons (Fsp3) is 0.0909. The molecule has 0 N–H and O–H groups in total. The van der Waals surface area contributed by atoms with E-state index < -0.39 is 0 Å². The lowest BCUT2D eigenvalue weighted by molar-refractivity contribution is 0.416. The van der Waals surface area contributed by atoms with Crippen LogP contribution in [0.1, 0.15) is 0 Å². The van der Waals surface area contributed by atoms with Crippen molar-refractivity contribution in [2.75, 3.05) is 7.11 Å². The minimum Gasteiger partial charge on any atom is -0.496 e. The van der Waals surface area contributed by atoms with Gasteiger partial charge < -0.3 is 4.74 Å². The van der Waals surface area contributed by atoms with Crippen LogP contribution in [0.3, 0.4) is 0 Å². The molecule has 82 valence electrons. The third-order valence-corrected chi connectivity index (χ3v) is 2.63. The first kappa shape index (κ1) is 11.4. The average molecular weight is 300 g/mol. The Bertz CT molecular complexity index is 499. The van der Waals surface area contributed by atoms with Crippen LogP contribution >= 0.6 is 27.5 Å². The molecule has 0 aliphatic carbocycles. The molecular formula is C11H8BrClN2O. The van der Waals surface area contributed by atoms with Gasteiger partial charge in [0, 0.05) is 5.56 Å². The van der Waals surface area contributed by atoms with E-state index in [-0.39, 0.29) is 5.28 Å². The van der Waals surface area contributed by atoms with Crippen molar-refractivity contribution in [3.05, 3.63) is 40.2 Å². The second-order valence-electron chi connectivity index (χ2n) is 3.05. The summed E-state index contributed by atoms with van der Waals surface area (Å²) in [6.07, 6.45) is 0. The summed E-state index contributed by atoms with van der Waals surface area (Å²) in [6, 6.07) is 9.41. The maximum atomic E-state index is 5.80. The van der Waals surface area contributed by atoms with E-state index in [1.165, 1.54) is 0 Å². The van der Waals surface area contributed by atoms with E-state index >= 15 is 0 Å². The monoisotopic (exact) mass is 298 g/mol. The van der Waals surface area contributed by atoms with Crippen LogP contribution in [0, 0.1) is 0 Å². The van der Waals surface area contributed by atoms with Crippen molar-refractivity contribution in [3.63, 3.8) is 0 Å². The number of benzene rings is 1. The molecule has 0 fully saturated rings. The Hall–Kier alpha value is -1.13. The normalized spacial score (nSPS) is 10.2. The molecule has 0 saturated carbocycles. The van der Waals surface area contributed by atoms with Gasteiger partial charge in [0.1, 0.15) is 10.4 Å². The molecule has 5 heteroatoms. The Morgan fingerprint density at radius 3 is 2.69 bits per heavy atom. The van der Waals surface area contributed by atoms with Gasteiger partial charge in [-0.1, -0.05) is 12.1 Å². The zero-order chi connectivity index (χ0) is 11.5. The molecule has 3 nitrogen and oxygen atoms in total. The summed E-state index contributed by atoms with van der Waals surface area (Å²) in [5, 5.41) is 0.204. The van der Waals surface area contributed by atoms with E-state index in [0.717, 1.165) is 17.0 Å². The number of aromatic nitrogens is 2. The molecule has 16 heavy (non-hydrogen) atoms. The third-order valence-electron chi connectivity index (χ3n) is 2.05. The van der Waals surface area contributed by atoms with Crippen molar-refractivity contribution in [1.29, 1.82) is 0 Å². The highest BCUT2D eigenvalue weighted by Crippen LogP contribution is 2.29. The third kappa shape index (κ3) is 2.33. The molecule has 0 amide bonds. The van der Waals surface area contributed by atoms with Gasteiger partial charge in [-0.25, -0.2) is 9.97 Å². The fourth-order valence-corrected chi connectivity index (χ4v) is 2.05. The minimum atomic E-state index is 0.204. The second kappa shape index (κ2) is 4.80. The van der Waals surface area contributed by atoms with E-state index in [1.807, 2.05) is 24.3 Å². The first-order valence-electron chi connectivity index (χ1n) is 4.54. The van der Waals surface area contributed by atoms with E-state index in [9.17, 15) is 0 Å². The van der Waals surface area contributed by atoms with Crippen molar-refractivity contribution in [3.8, 4) is 17.0 Å². The molecule has 2 aromatic rings. The standard InChI is InChI=1S/C11H8BrClN2O/c1-16-9-5-3-2-4-7(9)8-6-10(12)15-11(13)14-8/h2-6H,1H3. The molecule has 0 atom stereocenters. The lowest BCUT2D eigenvalue weighted by Gasteiger charge is -2.07. The lowest BCUT2D eigenvalue weighted by Crippen LogP contribution is -1.92. The van der Waals surface area contributed by atoms with Gasteiger partial charge in [-0.2, -0.15) is 0 Å². The minimum absolute atomic E-state index is 0.204. The molecule has 0 unspecified atom stereocenters. The van der Waals surface area contributed by atoms with E-state index in [2.05, 4.69) is 25.9 Å². The highest BCUT2D eigenvalue weighted by atomic mass is 79.9. The topological polar surface area (TPSA) is 35.0 Å². The van der Waals surface area contributed by atoms with Gasteiger partial charge in [-0.3, -0.25) is 0 Å². The maximum Gasteiger partial charge on any atom is 0.223 e. The van der Waals surface area contributed by atoms with Crippen LogP contribution in [-0.4, -0.2) is 17.1 Å². The lowest BCUT2D eigenvalue weighted by atomic mass is 10.1. The van der Waals surface area contributed by atoms with Crippen LogP contribution in [-0.2, 0) is 0 Å². The van der Waals surface area contributed by atoms with E-state index in [4.69, 9.17) is 16.3 Å². The summed E-state index contributed by atoms with van der Waals surface area (Å²) in [6.45, 7) is 0.